The van der Waals surface area contributed by atoms with Crippen molar-refractivity contribution in [1.29, 1.82) is 0 Å². The number of ether oxygens (including phenoxy) is 1. The van der Waals surface area contributed by atoms with E-state index in [9.17, 15) is 0 Å². The molecule has 5 heterocycles. The fourth-order valence-electron chi connectivity index (χ4n) is 9.99. The van der Waals surface area contributed by atoms with Gasteiger partial charge in [0, 0.05) is 60.8 Å². The molecule has 0 spiro atoms. The minimum atomic E-state index is -0.104. The number of furan rings is 1. The van der Waals surface area contributed by atoms with Crippen LogP contribution in [0.4, 0.5) is 0 Å². The molecule has 4 aromatic heterocycles. The zero-order chi connectivity index (χ0) is 33.7. The van der Waals surface area contributed by atoms with Crippen LogP contribution in [0.3, 0.4) is 0 Å². The number of benzene rings is 6. The van der Waals surface area contributed by atoms with Crippen LogP contribution in [0, 0.1) is 0 Å². The Kier molecular flexibility index (Phi) is 5.04. The van der Waals surface area contributed by atoms with Gasteiger partial charge in [0.2, 0.25) is 0 Å². The van der Waals surface area contributed by atoms with Crippen LogP contribution in [0.25, 0.3) is 78.0 Å². The summed E-state index contributed by atoms with van der Waals surface area (Å²) in [5, 5.41) is 7.45. The summed E-state index contributed by atoms with van der Waals surface area (Å²) in [4.78, 5) is 0. The number of hydrogen-bond acceptors (Lipinski definition) is 2. The lowest BCUT2D eigenvalue weighted by Crippen LogP contribution is -2.18. The molecule has 2 aliphatic carbocycles. The van der Waals surface area contributed by atoms with Gasteiger partial charge in [-0.2, -0.15) is 0 Å². The second-order valence-electron chi connectivity index (χ2n) is 14.7. The molecule has 3 aliphatic rings. The third-order valence-electron chi connectivity index (χ3n) is 12.2. The van der Waals surface area contributed by atoms with E-state index in [-0.39, 0.29) is 17.9 Å². The van der Waals surface area contributed by atoms with Crippen LogP contribution in [0.1, 0.15) is 45.9 Å². The highest BCUT2D eigenvalue weighted by Crippen LogP contribution is 2.52. The first-order valence-corrected chi connectivity index (χ1v) is 18.3. The van der Waals surface area contributed by atoms with Crippen molar-refractivity contribution >= 4 is 72.3 Å². The summed E-state index contributed by atoms with van der Waals surface area (Å²) >= 11 is 0. The van der Waals surface area contributed by atoms with Crippen molar-refractivity contribution in [3.05, 3.63) is 173 Å². The maximum Gasteiger partial charge on any atom is 0.160 e. The van der Waals surface area contributed by atoms with Gasteiger partial charge < -0.3 is 18.1 Å². The van der Waals surface area contributed by atoms with Crippen molar-refractivity contribution in [2.75, 3.05) is 0 Å². The topological polar surface area (TPSA) is 31.7 Å². The summed E-state index contributed by atoms with van der Waals surface area (Å²) < 4.78 is 18.5. The van der Waals surface area contributed by atoms with E-state index >= 15 is 0 Å². The zero-order valence-electron chi connectivity index (χ0n) is 28.1. The number of fused-ring (bicyclic) bond motifs is 17. The second-order valence-corrected chi connectivity index (χ2v) is 14.7. The second kappa shape index (κ2) is 9.62. The number of aromatic nitrogens is 2. The van der Waals surface area contributed by atoms with Crippen molar-refractivity contribution in [2.45, 2.75) is 24.4 Å². The van der Waals surface area contributed by atoms with Crippen LogP contribution >= 0.6 is 0 Å². The molecule has 3 unspecified atom stereocenters. The summed E-state index contributed by atoms with van der Waals surface area (Å²) in [6, 6.07) is 48.3. The number of rotatable bonds is 2. The fraction of sp³-hybridized carbons (Fsp3) is 0.0833. The predicted molar refractivity (Wildman–Crippen MR) is 211 cm³/mol. The van der Waals surface area contributed by atoms with E-state index in [1.165, 1.54) is 71.6 Å². The van der Waals surface area contributed by atoms with Crippen LogP contribution < -0.4 is 9.96 Å². The molecular formula is C48H30N2O2. The van der Waals surface area contributed by atoms with Gasteiger partial charge in [-0.3, -0.25) is 0 Å². The van der Waals surface area contributed by atoms with Crippen LogP contribution in [0.2, 0.25) is 0 Å². The Morgan fingerprint density at radius 3 is 2.15 bits per heavy atom. The van der Waals surface area contributed by atoms with Crippen LogP contribution in [-0.2, 0) is 6.42 Å². The predicted octanol–water partition coefficient (Wildman–Crippen LogP) is 11.2. The monoisotopic (exact) mass is 666 g/mol. The molecule has 4 heteroatoms. The zero-order valence-corrected chi connectivity index (χ0v) is 28.1. The highest BCUT2D eigenvalue weighted by molar-refractivity contribution is 6.17. The molecule has 10 aromatic rings. The van der Waals surface area contributed by atoms with Crippen molar-refractivity contribution in [3.8, 4) is 11.4 Å². The van der Waals surface area contributed by atoms with Crippen molar-refractivity contribution in [1.82, 2.24) is 8.97 Å². The van der Waals surface area contributed by atoms with E-state index in [1.54, 1.807) is 0 Å². The molecular weight excluding hydrogens is 637 g/mol. The SMILES string of the molecule is C1=CC2c3ccccc3OC2c2c1c1c3c(c4ccc5c6ccccc6oc5c4n23)CC(c2ccc(-n3c4ccccc4c4ccccc43)cc2)C=1. The lowest BCUT2D eigenvalue weighted by atomic mass is 9.84. The molecule has 1 aliphatic heterocycles. The highest BCUT2D eigenvalue weighted by atomic mass is 16.5. The Bertz CT molecular complexity index is 3210. The minimum Gasteiger partial charge on any atom is -0.483 e. The Hall–Kier alpha value is -6.52. The molecule has 13 rings (SSSR count). The standard InChI is InChI=1S/C48H30N2O2/c1-5-13-40-30(9-1)31-10-2-6-14-41(31)49(40)29-19-17-27(18-20-29)28-25-38-34-21-23-36-32-11-3-7-15-42(32)51-47(36)45(34)50-44(38)39(26-28)35-22-24-37-33-12-4-8-16-43(33)52-48(37)46(35)50/h1-25,28,36,47H,26H2. The van der Waals surface area contributed by atoms with Gasteiger partial charge in [0.05, 0.1) is 27.8 Å². The molecule has 0 saturated heterocycles. The quantitative estimate of drug-likeness (QED) is 0.184. The Labute approximate surface area is 298 Å². The van der Waals surface area contributed by atoms with Gasteiger partial charge in [-0.05, 0) is 60.0 Å². The van der Waals surface area contributed by atoms with E-state index < -0.39 is 0 Å². The lowest BCUT2D eigenvalue weighted by molar-refractivity contribution is 0.217. The van der Waals surface area contributed by atoms with Crippen LogP contribution in [0.5, 0.6) is 5.75 Å². The Morgan fingerprint density at radius 2 is 1.33 bits per heavy atom. The summed E-state index contributed by atoms with van der Waals surface area (Å²) in [5.74, 6) is 1.37. The summed E-state index contributed by atoms with van der Waals surface area (Å²) in [7, 11) is 0. The van der Waals surface area contributed by atoms with Crippen molar-refractivity contribution in [2.24, 2.45) is 0 Å². The molecule has 0 amide bonds. The van der Waals surface area contributed by atoms with Gasteiger partial charge in [0.15, 0.2) is 5.58 Å². The van der Waals surface area contributed by atoms with E-state index in [0.717, 1.165) is 39.6 Å². The average Bonchev–Trinajstić information content (AvgIpc) is 4.00. The van der Waals surface area contributed by atoms with Gasteiger partial charge >= 0.3 is 0 Å². The third-order valence-corrected chi connectivity index (χ3v) is 12.2. The molecule has 0 saturated carbocycles. The highest BCUT2D eigenvalue weighted by Gasteiger charge is 2.41. The van der Waals surface area contributed by atoms with E-state index in [1.807, 2.05) is 0 Å². The first-order valence-electron chi connectivity index (χ1n) is 18.3. The molecule has 244 valence electrons. The first kappa shape index (κ1) is 27.2. The Balaban J connectivity index is 1.03. The van der Waals surface area contributed by atoms with Gasteiger partial charge in [-0.15, -0.1) is 0 Å². The molecule has 0 N–H and O–H groups in total. The van der Waals surface area contributed by atoms with Gasteiger partial charge in [0.1, 0.15) is 17.4 Å². The maximum atomic E-state index is 6.86. The largest absolute Gasteiger partial charge is 0.483 e. The molecule has 0 bridgehead atoms. The summed E-state index contributed by atoms with van der Waals surface area (Å²) in [6.45, 7) is 0. The first-order chi connectivity index (χ1) is 25.8. The molecule has 0 radical (unpaired) electrons. The van der Waals surface area contributed by atoms with Gasteiger partial charge in [-0.1, -0.05) is 109 Å². The molecule has 0 fully saturated rings. The molecule has 6 aromatic carbocycles. The molecule has 52 heavy (non-hydrogen) atoms. The van der Waals surface area contributed by atoms with Crippen LogP contribution in [0.15, 0.2) is 144 Å². The van der Waals surface area contributed by atoms with Crippen LogP contribution in [-0.4, -0.2) is 8.97 Å². The number of para-hydroxylation sites is 4. The number of nitrogens with zero attached hydrogens (tertiary/aromatic N) is 2. The maximum absolute atomic E-state index is 6.86. The summed E-state index contributed by atoms with van der Waals surface area (Å²) in [6.07, 6.45) is 8.07. The van der Waals surface area contributed by atoms with Gasteiger partial charge in [-0.25, -0.2) is 0 Å². The average molecular weight is 667 g/mol. The van der Waals surface area contributed by atoms with E-state index in [2.05, 4.69) is 161 Å². The fourth-order valence-corrected chi connectivity index (χ4v) is 9.99. The van der Waals surface area contributed by atoms with E-state index in [4.69, 9.17) is 9.15 Å². The summed E-state index contributed by atoms with van der Waals surface area (Å²) in [5.41, 5.74) is 14.5. The third kappa shape index (κ3) is 3.33. The van der Waals surface area contributed by atoms with Crippen molar-refractivity contribution in [3.63, 3.8) is 0 Å². The van der Waals surface area contributed by atoms with E-state index in [0.29, 0.717) is 0 Å². The Morgan fingerprint density at radius 1 is 0.615 bits per heavy atom. The minimum absolute atomic E-state index is 0.104. The molecule has 4 nitrogen and oxygen atoms in total. The van der Waals surface area contributed by atoms with Gasteiger partial charge in [0.25, 0.3) is 0 Å². The van der Waals surface area contributed by atoms with Crippen molar-refractivity contribution < 1.29 is 9.15 Å². The molecule has 3 atom stereocenters. The smallest absolute Gasteiger partial charge is 0.160 e. The lowest BCUT2D eigenvalue weighted by Gasteiger charge is -2.22. The number of hydrogen-bond donors (Lipinski definition) is 0. The normalized spacial score (nSPS) is 18.7.